The molecule has 0 saturated carbocycles. The average molecular weight is 199 g/mol. The number of nitrogens with zero attached hydrogens (tertiary/aromatic N) is 2. The zero-order chi connectivity index (χ0) is 10.8. The van der Waals surface area contributed by atoms with Crippen molar-refractivity contribution in [2.75, 3.05) is 33.7 Å². The van der Waals surface area contributed by atoms with Crippen molar-refractivity contribution in [1.82, 2.24) is 15.3 Å². The van der Waals surface area contributed by atoms with Crippen molar-refractivity contribution >= 4 is 0 Å². The molecule has 0 spiro atoms. The maximum absolute atomic E-state index is 3.58. The molecule has 1 aliphatic heterocycles. The van der Waals surface area contributed by atoms with Crippen LogP contribution in [0, 0.1) is 5.92 Å². The van der Waals surface area contributed by atoms with E-state index in [2.05, 4.69) is 50.2 Å². The van der Waals surface area contributed by atoms with Crippen molar-refractivity contribution in [2.24, 2.45) is 5.92 Å². The number of hydrogen-bond acceptors (Lipinski definition) is 3. The Morgan fingerprint density at radius 2 is 2.00 bits per heavy atom. The average Bonchev–Trinajstić information content (AvgIpc) is 2.47. The molecule has 1 rings (SSSR count). The van der Waals surface area contributed by atoms with Crippen molar-refractivity contribution < 1.29 is 0 Å². The summed E-state index contributed by atoms with van der Waals surface area (Å²) in [6, 6.07) is 0. The van der Waals surface area contributed by atoms with E-state index < -0.39 is 0 Å². The molecule has 0 radical (unpaired) electrons. The Bertz CT molecular complexity index is 172. The first-order chi connectivity index (χ1) is 6.38. The molecule has 0 aromatic heterocycles. The quantitative estimate of drug-likeness (QED) is 0.736. The van der Waals surface area contributed by atoms with Gasteiger partial charge < -0.3 is 5.32 Å². The summed E-state index contributed by atoms with van der Waals surface area (Å²) in [4.78, 5) is 0. The lowest BCUT2D eigenvalue weighted by Gasteiger charge is -2.25. The third-order valence-corrected chi connectivity index (χ3v) is 2.75. The predicted molar refractivity (Wildman–Crippen MR) is 61.1 cm³/mol. The van der Waals surface area contributed by atoms with E-state index >= 15 is 0 Å². The van der Waals surface area contributed by atoms with Gasteiger partial charge in [-0.3, -0.25) is 0 Å². The first-order valence-electron chi connectivity index (χ1n) is 5.56. The standard InChI is InChI=1S/C11H25N3/c1-11(2,3)12-8-10-6-7-14(9-10)13(4)5/h10,12H,6-9H2,1-5H3. The van der Waals surface area contributed by atoms with Crippen LogP contribution in [0.1, 0.15) is 27.2 Å². The summed E-state index contributed by atoms with van der Waals surface area (Å²) in [6.45, 7) is 10.2. The molecule has 1 N–H and O–H groups in total. The molecule has 0 aromatic rings. The van der Waals surface area contributed by atoms with Crippen LogP contribution in [0.2, 0.25) is 0 Å². The second-order valence-corrected chi connectivity index (χ2v) is 5.55. The van der Waals surface area contributed by atoms with Gasteiger partial charge in [0.25, 0.3) is 0 Å². The Kier molecular flexibility index (Phi) is 3.93. The van der Waals surface area contributed by atoms with Crippen molar-refractivity contribution in [1.29, 1.82) is 0 Å². The second kappa shape index (κ2) is 4.60. The summed E-state index contributed by atoms with van der Waals surface area (Å²) in [7, 11) is 4.25. The van der Waals surface area contributed by atoms with Gasteiger partial charge in [0.15, 0.2) is 0 Å². The lowest BCUT2D eigenvalue weighted by Crippen LogP contribution is -2.40. The van der Waals surface area contributed by atoms with Crippen molar-refractivity contribution in [2.45, 2.75) is 32.7 Å². The van der Waals surface area contributed by atoms with Gasteiger partial charge in [0.05, 0.1) is 0 Å². The fraction of sp³-hybridized carbons (Fsp3) is 1.00. The van der Waals surface area contributed by atoms with Gasteiger partial charge in [-0.25, -0.2) is 10.0 Å². The molecule has 1 atom stereocenters. The maximum Gasteiger partial charge on any atom is 0.0174 e. The first-order valence-corrected chi connectivity index (χ1v) is 5.56. The molecule has 1 saturated heterocycles. The molecular formula is C11H25N3. The Hall–Kier alpha value is -0.120. The van der Waals surface area contributed by atoms with Crippen LogP contribution in [0.3, 0.4) is 0 Å². The molecule has 14 heavy (non-hydrogen) atoms. The highest BCUT2D eigenvalue weighted by atomic mass is 15.6. The predicted octanol–water partition coefficient (Wildman–Crippen LogP) is 1.17. The van der Waals surface area contributed by atoms with E-state index in [9.17, 15) is 0 Å². The van der Waals surface area contributed by atoms with Crippen LogP contribution in [0.5, 0.6) is 0 Å². The van der Waals surface area contributed by atoms with Crippen LogP contribution in [0.15, 0.2) is 0 Å². The summed E-state index contributed by atoms with van der Waals surface area (Å²) in [5.74, 6) is 0.816. The summed E-state index contributed by atoms with van der Waals surface area (Å²) in [5.41, 5.74) is 0.255. The number of rotatable bonds is 3. The Morgan fingerprint density at radius 3 is 2.43 bits per heavy atom. The van der Waals surface area contributed by atoms with Crippen LogP contribution in [0.25, 0.3) is 0 Å². The molecule has 0 aliphatic carbocycles. The monoisotopic (exact) mass is 199 g/mol. The van der Waals surface area contributed by atoms with E-state index in [-0.39, 0.29) is 5.54 Å². The molecule has 0 aromatic carbocycles. The van der Waals surface area contributed by atoms with Crippen LogP contribution in [-0.4, -0.2) is 49.3 Å². The van der Waals surface area contributed by atoms with Crippen molar-refractivity contribution in [3.8, 4) is 0 Å². The largest absolute Gasteiger partial charge is 0.312 e. The normalized spacial score (nSPS) is 24.9. The second-order valence-electron chi connectivity index (χ2n) is 5.55. The highest BCUT2D eigenvalue weighted by molar-refractivity contribution is 4.78. The molecule has 1 fully saturated rings. The molecular weight excluding hydrogens is 174 g/mol. The summed E-state index contributed by atoms with van der Waals surface area (Å²) >= 11 is 0. The van der Waals surface area contributed by atoms with Gasteiger partial charge in [-0.05, 0) is 39.7 Å². The smallest absolute Gasteiger partial charge is 0.0174 e. The Labute approximate surface area is 88.4 Å². The van der Waals surface area contributed by atoms with Gasteiger partial charge in [-0.1, -0.05) is 0 Å². The Balaban J connectivity index is 2.23. The van der Waals surface area contributed by atoms with Gasteiger partial charge >= 0.3 is 0 Å². The van der Waals surface area contributed by atoms with E-state index in [0.29, 0.717) is 0 Å². The van der Waals surface area contributed by atoms with Gasteiger partial charge in [0.2, 0.25) is 0 Å². The van der Waals surface area contributed by atoms with Crippen molar-refractivity contribution in [3.63, 3.8) is 0 Å². The molecule has 0 amide bonds. The zero-order valence-electron chi connectivity index (χ0n) is 10.3. The molecule has 84 valence electrons. The third kappa shape index (κ3) is 3.95. The van der Waals surface area contributed by atoms with E-state index in [1.165, 1.54) is 19.5 Å². The van der Waals surface area contributed by atoms with Gasteiger partial charge in [-0.15, -0.1) is 0 Å². The highest BCUT2D eigenvalue weighted by Gasteiger charge is 2.24. The van der Waals surface area contributed by atoms with Crippen LogP contribution in [-0.2, 0) is 0 Å². The van der Waals surface area contributed by atoms with Gasteiger partial charge in [0.1, 0.15) is 0 Å². The van der Waals surface area contributed by atoms with Crippen LogP contribution in [0.4, 0.5) is 0 Å². The number of hydrogen-bond donors (Lipinski definition) is 1. The lowest BCUT2D eigenvalue weighted by molar-refractivity contribution is 0.0488. The minimum absolute atomic E-state index is 0.255. The topological polar surface area (TPSA) is 18.5 Å². The summed E-state index contributed by atoms with van der Waals surface area (Å²) < 4.78 is 0. The van der Waals surface area contributed by atoms with Gasteiger partial charge in [0, 0.05) is 32.7 Å². The molecule has 3 nitrogen and oxygen atoms in total. The fourth-order valence-electron chi connectivity index (χ4n) is 1.79. The molecule has 1 unspecified atom stereocenters. The highest BCUT2D eigenvalue weighted by Crippen LogP contribution is 2.16. The molecule has 0 bridgehead atoms. The maximum atomic E-state index is 3.58. The lowest BCUT2D eigenvalue weighted by atomic mass is 10.1. The number of nitrogens with one attached hydrogen (secondary N) is 1. The minimum atomic E-state index is 0.255. The van der Waals surface area contributed by atoms with E-state index in [0.717, 1.165) is 12.5 Å². The SMILES string of the molecule is CN(C)N1CCC(CNC(C)(C)C)C1. The molecule has 3 heteroatoms. The van der Waals surface area contributed by atoms with Crippen LogP contribution < -0.4 is 5.32 Å². The Morgan fingerprint density at radius 1 is 1.36 bits per heavy atom. The van der Waals surface area contributed by atoms with E-state index in [1.54, 1.807) is 0 Å². The van der Waals surface area contributed by atoms with E-state index in [1.807, 2.05) is 0 Å². The van der Waals surface area contributed by atoms with Crippen LogP contribution >= 0.6 is 0 Å². The molecule has 1 heterocycles. The fourth-order valence-corrected chi connectivity index (χ4v) is 1.79. The van der Waals surface area contributed by atoms with Crippen molar-refractivity contribution in [3.05, 3.63) is 0 Å². The number of hydrazine groups is 1. The summed E-state index contributed by atoms with van der Waals surface area (Å²) in [6.07, 6.45) is 1.32. The summed E-state index contributed by atoms with van der Waals surface area (Å²) in [5, 5.41) is 8.20. The minimum Gasteiger partial charge on any atom is -0.312 e. The zero-order valence-corrected chi connectivity index (χ0v) is 10.3. The van der Waals surface area contributed by atoms with Gasteiger partial charge in [-0.2, -0.15) is 0 Å². The first kappa shape index (κ1) is 12.0. The van der Waals surface area contributed by atoms with E-state index in [4.69, 9.17) is 0 Å². The molecule has 1 aliphatic rings. The third-order valence-electron chi connectivity index (χ3n) is 2.75.